The molecule has 17 heavy (non-hydrogen) atoms. The number of aromatic carboxylic acids is 1. The van der Waals surface area contributed by atoms with Crippen LogP contribution in [-0.4, -0.2) is 26.6 Å². The van der Waals surface area contributed by atoms with Gasteiger partial charge in [0.05, 0.1) is 5.69 Å². The number of nitrogens with zero attached hydrogens (tertiary/aromatic N) is 2. The molecule has 0 fully saturated rings. The van der Waals surface area contributed by atoms with Crippen LogP contribution in [0, 0.1) is 0 Å². The van der Waals surface area contributed by atoms with E-state index in [2.05, 4.69) is 36.1 Å². The van der Waals surface area contributed by atoms with Gasteiger partial charge in [0.1, 0.15) is 11.9 Å². The van der Waals surface area contributed by atoms with Gasteiger partial charge in [-0.2, -0.15) is 0 Å². The van der Waals surface area contributed by atoms with Crippen molar-refractivity contribution in [1.82, 2.24) is 15.3 Å². The second kappa shape index (κ2) is 5.72. The van der Waals surface area contributed by atoms with Crippen LogP contribution in [0.4, 0.5) is 0 Å². The van der Waals surface area contributed by atoms with Gasteiger partial charge in [0.2, 0.25) is 0 Å². The standard InChI is InChI=1S/C12H19N3O2/c1-4-12(3,5-2)15-7-10-9(11(16)17)6-13-8-14-10/h6,8,15H,4-5,7H2,1-3H3,(H,16,17). The van der Waals surface area contributed by atoms with Crippen LogP contribution in [0.25, 0.3) is 0 Å². The van der Waals surface area contributed by atoms with E-state index in [1.54, 1.807) is 0 Å². The maximum atomic E-state index is 11.0. The number of hydrogen-bond acceptors (Lipinski definition) is 4. The molecule has 0 aromatic carbocycles. The molecule has 0 aliphatic carbocycles. The third-order valence-electron chi connectivity index (χ3n) is 3.27. The van der Waals surface area contributed by atoms with Gasteiger partial charge in [0, 0.05) is 18.3 Å². The number of hydrogen-bond donors (Lipinski definition) is 2. The molecule has 0 bridgehead atoms. The van der Waals surface area contributed by atoms with Gasteiger partial charge in [0.15, 0.2) is 0 Å². The van der Waals surface area contributed by atoms with Crippen LogP contribution < -0.4 is 5.32 Å². The molecule has 0 saturated heterocycles. The molecule has 0 spiro atoms. The highest BCUT2D eigenvalue weighted by molar-refractivity contribution is 5.88. The third-order valence-corrected chi connectivity index (χ3v) is 3.27. The fraction of sp³-hybridized carbons (Fsp3) is 0.583. The van der Waals surface area contributed by atoms with Gasteiger partial charge < -0.3 is 10.4 Å². The molecule has 5 nitrogen and oxygen atoms in total. The van der Waals surface area contributed by atoms with Crippen LogP contribution in [0.15, 0.2) is 12.5 Å². The van der Waals surface area contributed by atoms with E-state index in [9.17, 15) is 4.79 Å². The maximum absolute atomic E-state index is 11.0. The summed E-state index contributed by atoms with van der Waals surface area (Å²) < 4.78 is 0. The maximum Gasteiger partial charge on any atom is 0.339 e. The zero-order valence-corrected chi connectivity index (χ0v) is 10.5. The minimum atomic E-state index is -0.989. The summed E-state index contributed by atoms with van der Waals surface area (Å²) >= 11 is 0. The van der Waals surface area contributed by atoms with E-state index < -0.39 is 5.97 Å². The van der Waals surface area contributed by atoms with Crippen molar-refractivity contribution in [2.24, 2.45) is 0 Å². The first-order valence-electron chi connectivity index (χ1n) is 5.79. The smallest absolute Gasteiger partial charge is 0.339 e. The molecule has 0 radical (unpaired) electrons. The van der Waals surface area contributed by atoms with Gasteiger partial charge >= 0.3 is 5.97 Å². The second-order valence-corrected chi connectivity index (χ2v) is 4.31. The van der Waals surface area contributed by atoms with Crippen LogP contribution in [-0.2, 0) is 6.54 Å². The third kappa shape index (κ3) is 3.49. The van der Waals surface area contributed by atoms with Gasteiger partial charge in [-0.25, -0.2) is 14.8 Å². The highest BCUT2D eigenvalue weighted by atomic mass is 16.4. The summed E-state index contributed by atoms with van der Waals surface area (Å²) in [5.74, 6) is -0.989. The fourth-order valence-electron chi connectivity index (χ4n) is 1.47. The number of aromatic nitrogens is 2. The summed E-state index contributed by atoms with van der Waals surface area (Å²) in [4.78, 5) is 18.7. The van der Waals surface area contributed by atoms with Crippen LogP contribution in [0.3, 0.4) is 0 Å². The average molecular weight is 237 g/mol. The lowest BCUT2D eigenvalue weighted by Crippen LogP contribution is -2.41. The van der Waals surface area contributed by atoms with Crippen LogP contribution in [0.2, 0.25) is 0 Å². The molecule has 1 rings (SSSR count). The van der Waals surface area contributed by atoms with Crippen molar-refractivity contribution >= 4 is 5.97 Å². The Bertz CT molecular complexity index is 389. The largest absolute Gasteiger partial charge is 0.478 e. The molecule has 0 unspecified atom stereocenters. The van der Waals surface area contributed by atoms with E-state index in [4.69, 9.17) is 5.11 Å². The lowest BCUT2D eigenvalue weighted by atomic mass is 9.95. The number of carbonyl (C=O) groups is 1. The quantitative estimate of drug-likeness (QED) is 0.789. The van der Waals surface area contributed by atoms with Crippen molar-refractivity contribution in [1.29, 1.82) is 0 Å². The normalized spacial score (nSPS) is 11.5. The first kappa shape index (κ1) is 13.6. The van der Waals surface area contributed by atoms with E-state index in [1.165, 1.54) is 12.5 Å². The molecular weight excluding hydrogens is 218 g/mol. The summed E-state index contributed by atoms with van der Waals surface area (Å²) in [6.45, 7) is 6.78. The van der Waals surface area contributed by atoms with Crippen molar-refractivity contribution in [2.45, 2.75) is 45.7 Å². The summed E-state index contributed by atoms with van der Waals surface area (Å²) in [5, 5.41) is 12.4. The van der Waals surface area contributed by atoms with E-state index in [0.717, 1.165) is 12.8 Å². The highest BCUT2D eigenvalue weighted by Gasteiger charge is 2.20. The van der Waals surface area contributed by atoms with Crippen LogP contribution in [0.5, 0.6) is 0 Å². The van der Waals surface area contributed by atoms with Crippen molar-refractivity contribution in [2.75, 3.05) is 0 Å². The highest BCUT2D eigenvalue weighted by Crippen LogP contribution is 2.15. The van der Waals surface area contributed by atoms with Crippen molar-refractivity contribution in [3.05, 3.63) is 23.8 Å². The van der Waals surface area contributed by atoms with Crippen LogP contribution >= 0.6 is 0 Å². The summed E-state index contributed by atoms with van der Waals surface area (Å²) in [5.41, 5.74) is 0.705. The Hall–Kier alpha value is -1.49. The minimum absolute atomic E-state index is 0.0146. The van der Waals surface area contributed by atoms with E-state index in [1.807, 2.05) is 0 Å². The zero-order valence-electron chi connectivity index (χ0n) is 10.5. The van der Waals surface area contributed by atoms with E-state index in [0.29, 0.717) is 12.2 Å². The van der Waals surface area contributed by atoms with Gasteiger partial charge in [-0.3, -0.25) is 0 Å². The monoisotopic (exact) mass is 237 g/mol. The Morgan fingerprint density at radius 1 is 1.47 bits per heavy atom. The fourth-order valence-corrected chi connectivity index (χ4v) is 1.47. The molecule has 1 aromatic rings. The van der Waals surface area contributed by atoms with Crippen molar-refractivity contribution in [3.63, 3.8) is 0 Å². The van der Waals surface area contributed by atoms with Crippen molar-refractivity contribution in [3.8, 4) is 0 Å². The predicted molar refractivity (Wildman–Crippen MR) is 64.8 cm³/mol. The van der Waals surface area contributed by atoms with Gasteiger partial charge in [0.25, 0.3) is 0 Å². The topological polar surface area (TPSA) is 75.1 Å². The Morgan fingerprint density at radius 2 is 2.12 bits per heavy atom. The van der Waals surface area contributed by atoms with Crippen LogP contribution in [0.1, 0.15) is 49.7 Å². The summed E-state index contributed by atoms with van der Waals surface area (Å²) in [7, 11) is 0. The summed E-state index contributed by atoms with van der Waals surface area (Å²) in [6, 6.07) is 0. The first-order valence-corrected chi connectivity index (χ1v) is 5.79. The lowest BCUT2D eigenvalue weighted by Gasteiger charge is -2.28. The Labute approximate surface area is 101 Å². The summed E-state index contributed by atoms with van der Waals surface area (Å²) in [6.07, 6.45) is 4.67. The number of rotatable bonds is 6. The van der Waals surface area contributed by atoms with Gasteiger partial charge in [-0.15, -0.1) is 0 Å². The Balaban J connectivity index is 2.79. The zero-order chi connectivity index (χ0) is 12.9. The molecule has 1 aromatic heterocycles. The molecular formula is C12H19N3O2. The molecule has 0 atom stereocenters. The Morgan fingerprint density at radius 3 is 2.65 bits per heavy atom. The number of carboxylic acid groups (broad SMARTS) is 1. The molecule has 0 aliphatic heterocycles. The number of nitrogens with one attached hydrogen (secondary N) is 1. The average Bonchev–Trinajstić information content (AvgIpc) is 2.36. The molecule has 0 aliphatic rings. The number of carboxylic acids is 1. The Kier molecular flexibility index (Phi) is 4.57. The molecule has 0 amide bonds. The SMILES string of the molecule is CCC(C)(CC)NCc1ncncc1C(=O)O. The molecule has 2 N–H and O–H groups in total. The first-order chi connectivity index (χ1) is 8.02. The molecule has 0 saturated carbocycles. The minimum Gasteiger partial charge on any atom is -0.478 e. The van der Waals surface area contributed by atoms with Gasteiger partial charge in [-0.1, -0.05) is 13.8 Å². The van der Waals surface area contributed by atoms with Gasteiger partial charge in [-0.05, 0) is 19.8 Å². The lowest BCUT2D eigenvalue weighted by molar-refractivity contribution is 0.0694. The molecule has 1 heterocycles. The van der Waals surface area contributed by atoms with E-state index >= 15 is 0 Å². The molecule has 94 valence electrons. The second-order valence-electron chi connectivity index (χ2n) is 4.31. The predicted octanol–water partition coefficient (Wildman–Crippen LogP) is 1.84. The van der Waals surface area contributed by atoms with Crippen molar-refractivity contribution < 1.29 is 9.90 Å². The van der Waals surface area contributed by atoms with E-state index in [-0.39, 0.29) is 11.1 Å². The molecule has 5 heteroatoms.